The van der Waals surface area contributed by atoms with E-state index in [4.69, 9.17) is 4.74 Å². The quantitative estimate of drug-likeness (QED) is 0.618. The molecule has 0 bridgehead atoms. The second kappa shape index (κ2) is 9.62. The highest BCUT2D eigenvalue weighted by molar-refractivity contribution is 7.17. The first-order valence-electron chi connectivity index (χ1n) is 9.13. The topological polar surface area (TPSA) is 38.3 Å². The summed E-state index contributed by atoms with van der Waals surface area (Å²) in [6.45, 7) is 9.19. The maximum absolute atomic E-state index is 12.4. The molecule has 0 saturated heterocycles. The van der Waals surface area contributed by atoms with E-state index in [9.17, 15) is 4.79 Å². The van der Waals surface area contributed by atoms with Gasteiger partial charge in [0.1, 0.15) is 5.75 Å². The molecule has 1 heterocycles. The van der Waals surface area contributed by atoms with E-state index in [0.717, 1.165) is 39.8 Å². The highest BCUT2D eigenvalue weighted by Gasteiger charge is 2.13. The lowest BCUT2D eigenvalue weighted by molar-refractivity contribution is 0.0942. The van der Waals surface area contributed by atoms with Crippen molar-refractivity contribution in [2.45, 2.75) is 53.0 Å². The van der Waals surface area contributed by atoms with Crippen LogP contribution < -0.4 is 10.1 Å². The van der Waals surface area contributed by atoms with Crippen LogP contribution in [0.4, 0.5) is 0 Å². The number of carbonyl (C=O) groups is 1. The van der Waals surface area contributed by atoms with Crippen molar-refractivity contribution >= 4 is 17.2 Å². The summed E-state index contributed by atoms with van der Waals surface area (Å²) < 4.78 is 5.47. The van der Waals surface area contributed by atoms with Crippen molar-refractivity contribution in [3.8, 4) is 16.2 Å². The number of hydrogen-bond acceptors (Lipinski definition) is 3. The molecule has 0 radical (unpaired) electrons. The summed E-state index contributed by atoms with van der Waals surface area (Å²) in [5.41, 5.74) is 1.11. The Labute approximate surface area is 155 Å². The predicted octanol–water partition coefficient (Wildman–Crippen LogP) is 5.76. The molecule has 3 nitrogen and oxygen atoms in total. The van der Waals surface area contributed by atoms with E-state index in [2.05, 4.69) is 26.1 Å². The number of rotatable bonds is 9. The highest BCUT2D eigenvalue weighted by Crippen LogP contribution is 2.29. The van der Waals surface area contributed by atoms with Gasteiger partial charge in [-0.2, -0.15) is 0 Å². The van der Waals surface area contributed by atoms with E-state index >= 15 is 0 Å². The first-order chi connectivity index (χ1) is 12.0. The fraction of sp³-hybridized carbons (Fsp3) is 0.476. The molecule has 2 rings (SSSR count). The molecule has 1 amide bonds. The Morgan fingerprint density at radius 3 is 2.44 bits per heavy atom. The molecule has 1 aromatic carbocycles. The molecule has 1 aromatic heterocycles. The van der Waals surface area contributed by atoms with Gasteiger partial charge < -0.3 is 10.1 Å². The van der Waals surface area contributed by atoms with Crippen LogP contribution in [0.15, 0.2) is 36.4 Å². The summed E-state index contributed by atoms with van der Waals surface area (Å²) >= 11 is 1.53. The highest BCUT2D eigenvalue weighted by atomic mass is 32.1. The van der Waals surface area contributed by atoms with Crippen LogP contribution in [0, 0.1) is 5.92 Å². The number of carbonyl (C=O) groups excluding carboxylic acids is 1. The average molecular weight is 360 g/mol. The molecule has 0 aliphatic heterocycles. The van der Waals surface area contributed by atoms with Crippen LogP contribution in [0.1, 0.15) is 56.6 Å². The van der Waals surface area contributed by atoms with Gasteiger partial charge in [-0.25, -0.2) is 0 Å². The Morgan fingerprint density at radius 2 is 1.80 bits per heavy atom. The predicted molar refractivity (Wildman–Crippen MR) is 107 cm³/mol. The number of ether oxygens (including phenoxy) is 1. The minimum absolute atomic E-state index is 0.0271. The number of amides is 1. The molecule has 0 saturated carbocycles. The second-order valence-corrected chi connectivity index (χ2v) is 7.90. The van der Waals surface area contributed by atoms with Crippen molar-refractivity contribution < 1.29 is 9.53 Å². The SMILES string of the molecule is CCOc1ccc(-c2ccc(C(=O)NC(C)CCCC(C)C)s2)cc1. The zero-order valence-electron chi connectivity index (χ0n) is 15.7. The molecular formula is C21H29NO2S. The summed E-state index contributed by atoms with van der Waals surface area (Å²) in [6.07, 6.45) is 3.39. The fourth-order valence-electron chi connectivity index (χ4n) is 2.70. The second-order valence-electron chi connectivity index (χ2n) is 6.82. The molecule has 1 unspecified atom stereocenters. The summed E-state index contributed by atoms with van der Waals surface area (Å²) in [4.78, 5) is 14.3. The summed E-state index contributed by atoms with van der Waals surface area (Å²) in [5.74, 6) is 1.62. The molecule has 4 heteroatoms. The van der Waals surface area contributed by atoms with E-state index in [1.54, 1.807) is 0 Å². The van der Waals surface area contributed by atoms with Gasteiger partial charge in [0.2, 0.25) is 0 Å². The van der Waals surface area contributed by atoms with Crippen LogP contribution in [0.3, 0.4) is 0 Å². The Balaban J connectivity index is 1.92. The number of benzene rings is 1. The largest absolute Gasteiger partial charge is 0.494 e. The van der Waals surface area contributed by atoms with Gasteiger partial charge in [-0.1, -0.05) is 26.7 Å². The van der Waals surface area contributed by atoms with Crippen LogP contribution in [-0.2, 0) is 0 Å². The van der Waals surface area contributed by atoms with Crippen molar-refractivity contribution in [2.75, 3.05) is 6.61 Å². The maximum atomic E-state index is 12.4. The monoisotopic (exact) mass is 359 g/mol. The molecule has 25 heavy (non-hydrogen) atoms. The van der Waals surface area contributed by atoms with E-state index in [1.807, 2.05) is 43.3 Å². The standard InChI is InChI=1S/C21H29NO2S/c1-5-24-18-11-9-17(10-12-18)19-13-14-20(25-19)21(23)22-16(4)8-6-7-15(2)3/h9-16H,5-8H2,1-4H3,(H,22,23). The third-order valence-corrected chi connectivity index (χ3v) is 5.21. The van der Waals surface area contributed by atoms with E-state index in [1.165, 1.54) is 17.8 Å². The van der Waals surface area contributed by atoms with Crippen LogP contribution in [0.25, 0.3) is 10.4 Å². The van der Waals surface area contributed by atoms with Gasteiger partial charge in [-0.05, 0) is 68.1 Å². The van der Waals surface area contributed by atoms with Crippen molar-refractivity contribution in [2.24, 2.45) is 5.92 Å². The lowest BCUT2D eigenvalue weighted by Gasteiger charge is -2.13. The minimum atomic E-state index is 0.0271. The molecule has 0 spiro atoms. The van der Waals surface area contributed by atoms with Gasteiger partial charge in [0.25, 0.3) is 5.91 Å². The summed E-state index contributed by atoms with van der Waals surface area (Å²) in [6, 6.07) is 12.1. The molecule has 0 fully saturated rings. The van der Waals surface area contributed by atoms with E-state index < -0.39 is 0 Å². The van der Waals surface area contributed by atoms with Crippen LogP contribution in [0.5, 0.6) is 5.75 Å². The molecular weight excluding hydrogens is 330 g/mol. The maximum Gasteiger partial charge on any atom is 0.261 e. The third kappa shape index (κ3) is 6.20. The average Bonchev–Trinajstić information content (AvgIpc) is 3.05. The molecule has 2 aromatic rings. The van der Waals surface area contributed by atoms with Gasteiger partial charge >= 0.3 is 0 Å². The summed E-state index contributed by atoms with van der Waals surface area (Å²) in [5, 5.41) is 3.11. The smallest absolute Gasteiger partial charge is 0.261 e. The Kier molecular flexibility index (Phi) is 7.51. The normalized spacial score (nSPS) is 12.2. The van der Waals surface area contributed by atoms with Crippen molar-refractivity contribution in [3.05, 3.63) is 41.3 Å². The Hall–Kier alpha value is -1.81. The lowest BCUT2D eigenvalue weighted by Crippen LogP contribution is -2.31. The lowest BCUT2D eigenvalue weighted by atomic mass is 10.0. The van der Waals surface area contributed by atoms with Gasteiger partial charge in [-0.3, -0.25) is 4.79 Å². The zero-order chi connectivity index (χ0) is 18.2. The van der Waals surface area contributed by atoms with Gasteiger partial charge in [0.05, 0.1) is 11.5 Å². The molecule has 136 valence electrons. The van der Waals surface area contributed by atoms with Crippen molar-refractivity contribution in [3.63, 3.8) is 0 Å². The number of nitrogens with one attached hydrogen (secondary N) is 1. The fourth-order valence-corrected chi connectivity index (χ4v) is 3.61. The van der Waals surface area contributed by atoms with Gasteiger partial charge in [0.15, 0.2) is 0 Å². The van der Waals surface area contributed by atoms with Gasteiger partial charge in [-0.15, -0.1) is 11.3 Å². The molecule has 1 atom stereocenters. The van der Waals surface area contributed by atoms with Crippen LogP contribution in [-0.4, -0.2) is 18.6 Å². The van der Waals surface area contributed by atoms with E-state index in [0.29, 0.717) is 6.61 Å². The third-order valence-electron chi connectivity index (χ3n) is 4.08. The zero-order valence-corrected chi connectivity index (χ0v) is 16.5. The Bertz CT molecular complexity index is 661. The van der Waals surface area contributed by atoms with Crippen LogP contribution >= 0.6 is 11.3 Å². The molecule has 0 aliphatic rings. The van der Waals surface area contributed by atoms with Gasteiger partial charge in [0, 0.05) is 10.9 Å². The van der Waals surface area contributed by atoms with Crippen molar-refractivity contribution in [1.29, 1.82) is 0 Å². The summed E-state index contributed by atoms with van der Waals surface area (Å²) in [7, 11) is 0. The molecule has 1 N–H and O–H groups in total. The van der Waals surface area contributed by atoms with Crippen LogP contribution in [0.2, 0.25) is 0 Å². The molecule has 0 aliphatic carbocycles. The van der Waals surface area contributed by atoms with E-state index in [-0.39, 0.29) is 11.9 Å². The van der Waals surface area contributed by atoms with Crippen molar-refractivity contribution in [1.82, 2.24) is 5.32 Å². The first kappa shape index (κ1) is 19.5. The number of thiophene rings is 1. The Morgan fingerprint density at radius 1 is 1.08 bits per heavy atom. The minimum Gasteiger partial charge on any atom is -0.494 e. The first-order valence-corrected chi connectivity index (χ1v) is 9.95. The number of hydrogen-bond donors (Lipinski definition) is 1.